The highest BCUT2D eigenvalue weighted by molar-refractivity contribution is 7.92. The van der Waals surface area contributed by atoms with Crippen LogP contribution >= 0.6 is 0 Å². The fourth-order valence-corrected chi connectivity index (χ4v) is 4.30. The van der Waals surface area contributed by atoms with Crippen LogP contribution in [0.3, 0.4) is 0 Å². The van der Waals surface area contributed by atoms with Gasteiger partial charge in [0.25, 0.3) is 10.0 Å². The summed E-state index contributed by atoms with van der Waals surface area (Å²) in [4.78, 5) is 13.6. The number of rotatable bonds is 6. The molecule has 1 aliphatic heterocycles. The van der Waals surface area contributed by atoms with Crippen molar-refractivity contribution >= 4 is 27.4 Å². The summed E-state index contributed by atoms with van der Waals surface area (Å²) in [5.74, 6) is 0.0626. The van der Waals surface area contributed by atoms with E-state index in [4.69, 9.17) is 4.74 Å². The lowest BCUT2D eigenvalue weighted by Crippen LogP contribution is -2.33. The molecule has 0 bridgehead atoms. The number of ether oxygens (including phenoxy) is 1. The lowest BCUT2D eigenvalue weighted by atomic mass is 9.98. The summed E-state index contributed by atoms with van der Waals surface area (Å²) in [6.45, 7) is 3.79. The third-order valence-corrected chi connectivity index (χ3v) is 6.36. The zero-order valence-corrected chi connectivity index (χ0v) is 16.7. The SMILES string of the molecule is COc1ccc(S(=O)(=O)Nc2cc(C(=O)O)ccc2N2CCC(C)CC2)cc1. The summed E-state index contributed by atoms with van der Waals surface area (Å²) in [5.41, 5.74) is 0.987. The summed E-state index contributed by atoms with van der Waals surface area (Å²) >= 11 is 0. The molecule has 0 saturated carbocycles. The minimum atomic E-state index is -3.88. The predicted octanol–water partition coefficient (Wildman–Crippen LogP) is 3.43. The second-order valence-electron chi connectivity index (χ2n) is 6.99. The Morgan fingerprint density at radius 1 is 1.14 bits per heavy atom. The Balaban J connectivity index is 1.95. The average molecular weight is 404 g/mol. The number of nitrogens with one attached hydrogen (secondary N) is 1. The molecule has 1 aliphatic rings. The van der Waals surface area contributed by atoms with E-state index in [9.17, 15) is 18.3 Å². The number of carboxylic acid groups (broad SMARTS) is 1. The van der Waals surface area contributed by atoms with Crippen LogP contribution in [0.4, 0.5) is 11.4 Å². The van der Waals surface area contributed by atoms with Crippen LogP contribution in [-0.2, 0) is 10.0 Å². The van der Waals surface area contributed by atoms with Gasteiger partial charge < -0.3 is 14.7 Å². The van der Waals surface area contributed by atoms with Crippen molar-refractivity contribution in [1.29, 1.82) is 0 Å². The normalized spacial score (nSPS) is 15.3. The van der Waals surface area contributed by atoms with E-state index in [0.29, 0.717) is 17.4 Å². The lowest BCUT2D eigenvalue weighted by molar-refractivity contribution is 0.0697. The number of anilines is 2. The molecule has 0 aliphatic carbocycles. The maximum Gasteiger partial charge on any atom is 0.335 e. The zero-order valence-electron chi connectivity index (χ0n) is 15.9. The van der Waals surface area contributed by atoms with Gasteiger partial charge in [-0.05, 0) is 61.2 Å². The largest absolute Gasteiger partial charge is 0.497 e. The number of benzene rings is 2. The van der Waals surface area contributed by atoms with Crippen molar-refractivity contribution in [2.24, 2.45) is 5.92 Å². The highest BCUT2D eigenvalue weighted by Crippen LogP contribution is 2.32. The van der Waals surface area contributed by atoms with E-state index >= 15 is 0 Å². The van der Waals surface area contributed by atoms with E-state index in [2.05, 4.69) is 16.5 Å². The van der Waals surface area contributed by atoms with Crippen molar-refractivity contribution in [3.8, 4) is 5.75 Å². The third kappa shape index (κ3) is 4.39. The van der Waals surface area contributed by atoms with Crippen LogP contribution in [-0.4, -0.2) is 39.7 Å². The average Bonchev–Trinajstić information content (AvgIpc) is 2.68. The third-order valence-electron chi connectivity index (χ3n) is 4.98. The maximum absolute atomic E-state index is 12.9. The first-order valence-corrected chi connectivity index (χ1v) is 10.6. The molecule has 28 heavy (non-hydrogen) atoms. The topological polar surface area (TPSA) is 95.9 Å². The summed E-state index contributed by atoms with van der Waals surface area (Å²) in [6.07, 6.45) is 2.01. The summed E-state index contributed by atoms with van der Waals surface area (Å²) in [5, 5.41) is 9.31. The monoisotopic (exact) mass is 404 g/mol. The Bertz CT molecular complexity index is 949. The molecule has 1 saturated heterocycles. The first-order chi connectivity index (χ1) is 13.3. The van der Waals surface area contributed by atoms with Crippen LogP contribution in [0.25, 0.3) is 0 Å². The van der Waals surface area contributed by atoms with E-state index in [1.807, 2.05) is 0 Å². The quantitative estimate of drug-likeness (QED) is 0.766. The fourth-order valence-electron chi connectivity index (χ4n) is 3.23. The summed E-state index contributed by atoms with van der Waals surface area (Å²) in [6, 6.07) is 10.6. The molecule has 2 aromatic rings. The van der Waals surface area contributed by atoms with E-state index < -0.39 is 16.0 Å². The van der Waals surface area contributed by atoms with Gasteiger partial charge in [0.1, 0.15) is 5.75 Å². The smallest absolute Gasteiger partial charge is 0.335 e. The van der Waals surface area contributed by atoms with Gasteiger partial charge in [0.15, 0.2) is 0 Å². The molecule has 150 valence electrons. The van der Waals surface area contributed by atoms with E-state index in [1.54, 1.807) is 18.2 Å². The number of carboxylic acids is 1. The molecule has 0 spiro atoms. The molecule has 0 amide bonds. The number of methoxy groups -OCH3 is 1. The highest BCUT2D eigenvalue weighted by atomic mass is 32.2. The second kappa shape index (κ2) is 8.10. The lowest BCUT2D eigenvalue weighted by Gasteiger charge is -2.33. The first kappa shape index (κ1) is 20.0. The Morgan fingerprint density at radius 3 is 2.36 bits per heavy atom. The summed E-state index contributed by atoms with van der Waals surface area (Å²) in [7, 11) is -2.37. The molecule has 1 heterocycles. The zero-order chi connectivity index (χ0) is 20.3. The van der Waals surface area contributed by atoms with Gasteiger partial charge in [-0.25, -0.2) is 13.2 Å². The van der Waals surface area contributed by atoms with Gasteiger partial charge in [0.05, 0.1) is 28.9 Å². The van der Waals surface area contributed by atoms with Crippen molar-refractivity contribution in [2.45, 2.75) is 24.7 Å². The molecule has 0 radical (unpaired) electrons. The minimum absolute atomic E-state index is 0.0292. The van der Waals surface area contributed by atoms with Crippen molar-refractivity contribution in [1.82, 2.24) is 0 Å². The van der Waals surface area contributed by atoms with E-state index in [0.717, 1.165) is 25.9 Å². The van der Waals surface area contributed by atoms with Crippen LogP contribution in [0.15, 0.2) is 47.4 Å². The van der Waals surface area contributed by atoms with E-state index in [-0.39, 0.29) is 16.1 Å². The number of piperidine rings is 1. The van der Waals surface area contributed by atoms with Gasteiger partial charge in [-0.1, -0.05) is 6.92 Å². The number of sulfonamides is 1. The van der Waals surface area contributed by atoms with Crippen molar-refractivity contribution in [3.63, 3.8) is 0 Å². The van der Waals surface area contributed by atoms with Crippen molar-refractivity contribution < 1.29 is 23.1 Å². The van der Waals surface area contributed by atoms with Crippen LogP contribution in [0, 0.1) is 5.92 Å². The van der Waals surface area contributed by atoms with Crippen molar-refractivity contribution in [3.05, 3.63) is 48.0 Å². The second-order valence-corrected chi connectivity index (χ2v) is 8.67. The van der Waals surface area contributed by atoms with Crippen LogP contribution < -0.4 is 14.4 Å². The van der Waals surface area contributed by atoms with Crippen LogP contribution in [0.1, 0.15) is 30.1 Å². The number of nitrogens with zero attached hydrogens (tertiary/aromatic N) is 1. The molecule has 0 atom stereocenters. The Kier molecular flexibility index (Phi) is 5.79. The molecule has 7 nitrogen and oxygen atoms in total. The molecule has 2 aromatic carbocycles. The first-order valence-electron chi connectivity index (χ1n) is 9.09. The molecule has 0 aromatic heterocycles. The van der Waals surface area contributed by atoms with Gasteiger partial charge in [0.2, 0.25) is 0 Å². The van der Waals surface area contributed by atoms with Gasteiger partial charge >= 0.3 is 5.97 Å². The van der Waals surface area contributed by atoms with Crippen LogP contribution in [0.5, 0.6) is 5.75 Å². The Labute approximate surface area is 165 Å². The van der Waals surface area contributed by atoms with Gasteiger partial charge in [-0.15, -0.1) is 0 Å². The van der Waals surface area contributed by atoms with Crippen LogP contribution in [0.2, 0.25) is 0 Å². The van der Waals surface area contributed by atoms with Gasteiger partial charge in [0, 0.05) is 13.1 Å². The molecule has 3 rings (SSSR count). The Morgan fingerprint density at radius 2 is 1.79 bits per heavy atom. The highest BCUT2D eigenvalue weighted by Gasteiger charge is 2.23. The van der Waals surface area contributed by atoms with E-state index in [1.165, 1.54) is 31.4 Å². The molecule has 1 fully saturated rings. The number of carbonyl (C=O) groups is 1. The fraction of sp³-hybridized carbons (Fsp3) is 0.350. The molecular formula is C20H24N2O5S. The Hall–Kier alpha value is -2.74. The van der Waals surface area contributed by atoms with Gasteiger partial charge in [-0.2, -0.15) is 0 Å². The summed E-state index contributed by atoms with van der Waals surface area (Å²) < 4.78 is 33.3. The number of hydrogen-bond acceptors (Lipinski definition) is 5. The predicted molar refractivity (Wildman–Crippen MR) is 108 cm³/mol. The molecule has 0 unspecified atom stereocenters. The van der Waals surface area contributed by atoms with Crippen molar-refractivity contribution in [2.75, 3.05) is 29.8 Å². The molecule has 2 N–H and O–H groups in total. The number of hydrogen-bond donors (Lipinski definition) is 2. The van der Waals surface area contributed by atoms with Gasteiger partial charge in [-0.3, -0.25) is 4.72 Å². The molecular weight excluding hydrogens is 380 g/mol. The number of aromatic carboxylic acids is 1. The molecule has 8 heteroatoms. The minimum Gasteiger partial charge on any atom is -0.497 e. The standard InChI is InChI=1S/C20H24N2O5S/c1-14-9-11-22(12-10-14)19-8-3-15(20(23)24)13-18(19)21-28(25,26)17-6-4-16(27-2)5-7-17/h3-8,13-14,21H,9-12H2,1-2H3,(H,23,24). The maximum atomic E-state index is 12.9.